The Labute approximate surface area is 125 Å². The Morgan fingerprint density at radius 3 is 2.43 bits per heavy atom. The molecule has 1 rings (SSSR count). The van der Waals surface area contributed by atoms with Gasteiger partial charge < -0.3 is 15.6 Å². The Morgan fingerprint density at radius 1 is 1.24 bits per heavy atom. The van der Waals surface area contributed by atoms with E-state index < -0.39 is 0 Å². The second-order valence-corrected chi connectivity index (χ2v) is 6.13. The number of hydrogen-bond acceptors (Lipinski definition) is 4. The van der Waals surface area contributed by atoms with Crippen molar-refractivity contribution in [2.45, 2.75) is 46.5 Å². The van der Waals surface area contributed by atoms with Crippen molar-refractivity contribution in [2.75, 3.05) is 19.6 Å². The molecule has 0 atom stereocenters. The molecule has 6 heteroatoms. The minimum atomic E-state index is -0.383. The van der Waals surface area contributed by atoms with Crippen LogP contribution in [-0.4, -0.2) is 35.5 Å². The van der Waals surface area contributed by atoms with Crippen molar-refractivity contribution in [1.82, 2.24) is 20.6 Å². The van der Waals surface area contributed by atoms with Crippen LogP contribution in [0.15, 0.2) is 4.79 Å². The number of nitrogens with zero attached hydrogens (tertiary/aromatic N) is 1. The summed E-state index contributed by atoms with van der Waals surface area (Å²) in [5.74, 6) is 0.214. The van der Waals surface area contributed by atoms with E-state index >= 15 is 0 Å². The van der Waals surface area contributed by atoms with Crippen LogP contribution < -0.4 is 16.2 Å². The number of aromatic amines is 1. The van der Waals surface area contributed by atoms with Gasteiger partial charge in [-0.25, -0.2) is 4.98 Å². The van der Waals surface area contributed by atoms with E-state index in [-0.39, 0.29) is 22.4 Å². The molecule has 21 heavy (non-hydrogen) atoms. The zero-order valence-corrected chi connectivity index (χ0v) is 13.6. The average Bonchev–Trinajstić information content (AvgIpc) is 2.36. The first kappa shape index (κ1) is 17.4. The van der Waals surface area contributed by atoms with Crippen LogP contribution in [0.3, 0.4) is 0 Å². The van der Waals surface area contributed by atoms with Gasteiger partial charge in [0.2, 0.25) is 0 Å². The molecule has 118 valence electrons. The maximum Gasteiger partial charge on any atom is 0.264 e. The Morgan fingerprint density at radius 2 is 1.90 bits per heavy atom. The summed E-state index contributed by atoms with van der Waals surface area (Å²) in [6, 6.07) is 0. The molecule has 0 fully saturated rings. The van der Waals surface area contributed by atoms with Crippen molar-refractivity contribution in [2.24, 2.45) is 0 Å². The zero-order valence-electron chi connectivity index (χ0n) is 13.6. The van der Waals surface area contributed by atoms with Crippen LogP contribution in [0.1, 0.15) is 56.0 Å². The molecule has 0 saturated heterocycles. The molecule has 1 amide bonds. The molecule has 0 aliphatic heterocycles. The van der Waals surface area contributed by atoms with Crippen LogP contribution in [0.4, 0.5) is 0 Å². The number of amides is 1. The summed E-state index contributed by atoms with van der Waals surface area (Å²) in [6.07, 6.45) is 1.05. The summed E-state index contributed by atoms with van der Waals surface area (Å²) in [4.78, 5) is 31.3. The van der Waals surface area contributed by atoms with Crippen molar-refractivity contribution in [1.29, 1.82) is 0 Å². The number of rotatable bonds is 6. The van der Waals surface area contributed by atoms with Crippen LogP contribution in [0, 0.1) is 6.92 Å². The fraction of sp³-hybridized carbons (Fsp3) is 0.667. The second kappa shape index (κ2) is 7.36. The molecule has 0 aliphatic rings. The van der Waals surface area contributed by atoms with Gasteiger partial charge in [0, 0.05) is 18.5 Å². The summed E-state index contributed by atoms with van der Waals surface area (Å²) in [6.45, 7) is 11.7. The Balaban J connectivity index is 2.79. The van der Waals surface area contributed by atoms with Crippen LogP contribution in [-0.2, 0) is 5.41 Å². The topological polar surface area (TPSA) is 86.9 Å². The van der Waals surface area contributed by atoms with Crippen LogP contribution in [0.5, 0.6) is 0 Å². The highest BCUT2D eigenvalue weighted by molar-refractivity contribution is 5.94. The van der Waals surface area contributed by atoms with Crippen molar-refractivity contribution in [3.8, 4) is 0 Å². The summed E-state index contributed by atoms with van der Waals surface area (Å²) < 4.78 is 0. The number of nitrogens with one attached hydrogen (secondary N) is 3. The molecule has 0 unspecified atom stereocenters. The fourth-order valence-corrected chi connectivity index (χ4v) is 1.86. The third-order valence-corrected chi connectivity index (χ3v) is 3.05. The van der Waals surface area contributed by atoms with Gasteiger partial charge in [0.05, 0.1) is 5.69 Å². The van der Waals surface area contributed by atoms with Gasteiger partial charge in [-0.1, -0.05) is 27.7 Å². The molecule has 6 nitrogen and oxygen atoms in total. The molecule has 1 aromatic rings. The molecule has 0 radical (unpaired) electrons. The lowest BCUT2D eigenvalue weighted by molar-refractivity contribution is 0.0951. The Hall–Kier alpha value is -1.69. The number of H-pyrrole nitrogens is 1. The maximum atomic E-state index is 12.1. The molecule has 0 saturated carbocycles. The highest BCUT2D eigenvalue weighted by Crippen LogP contribution is 2.17. The van der Waals surface area contributed by atoms with Gasteiger partial charge in [-0.2, -0.15) is 0 Å². The van der Waals surface area contributed by atoms with Crippen molar-refractivity contribution in [3.63, 3.8) is 0 Å². The molecule has 1 heterocycles. The molecular formula is C15H26N4O2. The zero-order chi connectivity index (χ0) is 16.0. The minimum Gasteiger partial charge on any atom is -0.351 e. The number of hydrogen-bond donors (Lipinski definition) is 3. The third-order valence-electron chi connectivity index (χ3n) is 3.05. The summed E-state index contributed by atoms with van der Waals surface area (Å²) in [5, 5.41) is 5.92. The lowest BCUT2D eigenvalue weighted by atomic mass is 9.95. The predicted octanol–water partition coefficient (Wildman–Crippen LogP) is 1.11. The van der Waals surface area contributed by atoms with Crippen LogP contribution in [0.25, 0.3) is 0 Å². The molecule has 0 bridgehead atoms. The van der Waals surface area contributed by atoms with Gasteiger partial charge in [0.25, 0.3) is 11.5 Å². The van der Waals surface area contributed by atoms with E-state index in [1.807, 2.05) is 20.8 Å². The fourth-order valence-electron chi connectivity index (χ4n) is 1.86. The molecule has 3 N–H and O–H groups in total. The smallest absolute Gasteiger partial charge is 0.264 e. The van der Waals surface area contributed by atoms with E-state index in [9.17, 15) is 9.59 Å². The number of aromatic nitrogens is 2. The quantitative estimate of drug-likeness (QED) is 0.686. The van der Waals surface area contributed by atoms with Gasteiger partial charge in [0.15, 0.2) is 0 Å². The summed E-state index contributed by atoms with van der Waals surface area (Å²) >= 11 is 0. The SMILES string of the molecule is CCCNCCNC(=O)c1c(C)nc(C(C)(C)C)[nH]c1=O. The van der Waals surface area contributed by atoms with Crippen molar-refractivity contribution >= 4 is 5.91 Å². The monoisotopic (exact) mass is 294 g/mol. The number of carbonyl (C=O) groups is 1. The first-order valence-corrected chi connectivity index (χ1v) is 7.37. The van der Waals surface area contributed by atoms with Crippen molar-refractivity contribution in [3.05, 3.63) is 27.4 Å². The predicted molar refractivity (Wildman–Crippen MR) is 83.8 cm³/mol. The normalized spacial score (nSPS) is 11.5. The maximum absolute atomic E-state index is 12.1. The van der Waals surface area contributed by atoms with Crippen LogP contribution in [0.2, 0.25) is 0 Å². The van der Waals surface area contributed by atoms with E-state index in [2.05, 4.69) is 27.5 Å². The van der Waals surface area contributed by atoms with Gasteiger partial charge in [-0.05, 0) is 19.9 Å². The lowest BCUT2D eigenvalue weighted by Gasteiger charge is -2.18. The minimum absolute atomic E-state index is 0.0958. The lowest BCUT2D eigenvalue weighted by Crippen LogP contribution is -2.37. The second-order valence-electron chi connectivity index (χ2n) is 6.13. The van der Waals surface area contributed by atoms with E-state index in [0.717, 1.165) is 13.0 Å². The van der Waals surface area contributed by atoms with E-state index in [1.165, 1.54) is 0 Å². The first-order chi connectivity index (χ1) is 9.77. The van der Waals surface area contributed by atoms with E-state index in [4.69, 9.17) is 0 Å². The first-order valence-electron chi connectivity index (χ1n) is 7.37. The summed E-state index contributed by atoms with van der Waals surface area (Å²) in [7, 11) is 0. The standard InChI is InChI=1S/C15H26N4O2/c1-6-7-16-8-9-17-12(20)11-10(2)18-14(15(3,4)5)19-13(11)21/h16H,6-9H2,1-5H3,(H,17,20)(H,18,19,21). The van der Waals surface area contributed by atoms with E-state index in [1.54, 1.807) is 6.92 Å². The summed E-state index contributed by atoms with van der Waals surface area (Å²) in [5.41, 5.74) is -0.0872. The molecule has 0 spiro atoms. The molecule has 0 aliphatic carbocycles. The Kier molecular flexibility index (Phi) is 6.08. The highest BCUT2D eigenvalue weighted by atomic mass is 16.2. The highest BCUT2D eigenvalue weighted by Gasteiger charge is 2.21. The van der Waals surface area contributed by atoms with Gasteiger partial charge >= 0.3 is 0 Å². The molecule has 1 aromatic heterocycles. The van der Waals surface area contributed by atoms with Crippen molar-refractivity contribution < 1.29 is 4.79 Å². The molecular weight excluding hydrogens is 268 g/mol. The third kappa shape index (κ3) is 4.97. The number of aryl methyl sites for hydroxylation is 1. The van der Waals surface area contributed by atoms with Gasteiger partial charge in [-0.15, -0.1) is 0 Å². The van der Waals surface area contributed by atoms with Gasteiger partial charge in [0.1, 0.15) is 11.4 Å². The van der Waals surface area contributed by atoms with Crippen LogP contribution >= 0.6 is 0 Å². The number of carbonyl (C=O) groups excluding carboxylic acids is 1. The van der Waals surface area contributed by atoms with Gasteiger partial charge in [-0.3, -0.25) is 9.59 Å². The van der Waals surface area contributed by atoms with E-state index in [0.29, 0.717) is 24.6 Å². The average molecular weight is 294 g/mol. The molecule has 0 aromatic carbocycles. The largest absolute Gasteiger partial charge is 0.351 e. The Bertz CT molecular complexity index is 544.